The van der Waals surface area contributed by atoms with Crippen LogP contribution in [0, 0.1) is 5.92 Å². The van der Waals surface area contributed by atoms with Crippen LogP contribution < -0.4 is 19.9 Å². The lowest BCUT2D eigenvalue weighted by Crippen LogP contribution is -2.42. The van der Waals surface area contributed by atoms with Gasteiger partial charge in [0.2, 0.25) is 5.91 Å². The number of rotatable bonds is 8. The minimum atomic E-state index is -3.69. The predicted octanol–water partition coefficient (Wildman–Crippen LogP) is 5.16. The SMILES string of the molecule is COc1ccc(Oc2c(Cl)cc(NC(=O)CC3CCN(S(N)(=O)=O)CC3)cc2Cl)cc1C(C)C. The van der Waals surface area contributed by atoms with Crippen LogP contribution >= 0.6 is 23.2 Å². The molecular formula is C23H29Cl2N3O5S. The fraction of sp³-hybridized carbons (Fsp3) is 0.435. The van der Waals surface area contributed by atoms with Gasteiger partial charge >= 0.3 is 0 Å². The molecule has 8 nitrogen and oxygen atoms in total. The molecule has 2 aromatic rings. The van der Waals surface area contributed by atoms with Gasteiger partial charge in [0.15, 0.2) is 5.75 Å². The summed E-state index contributed by atoms with van der Waals surface area (Å²) in [6, 6.07) is 8.64. The molecule has 0 spiro atoms. The van der Waals surface area contributed by atoms with Gasteiger partial charge in [-0.05, 0) is 55.0 Å². The number of nitrogens with one attached hydrogen (secondary N) is 1. The second kappa shape index (κ2) is 11.1. The third kappa shape index (κ3) is 6.76. The maximum Gasteiger partial charge on any atom is 0.276 e. The van der Waals surface area contributed by atoms with Crippen molar-refractivity contribution in [2.24, 2.45) is 11.1 Å². The summed E-state index contributed by atoms with van der Waals surface area (Å²) < 4.78 is 35.4. The van der Waals surface area contributed by atoms with Crippen LogP contribution in [-0.2, 0) is 15.0 Å². The van der Waals surface area contributed by atoms with E-state index in [9.17, 15) is 13.2 Å². The molecule has 0 aromatic heterocycles. The number of anilines is 1. The first-order chi connectivity index (χ1) is 16.0. The molecule has 34 heavy (non-hydrogen) atoms. The number of carbonyl (C=O) groups is 1. The second-order valence-corrected chi connectivity index (χ2v) is 10.9. The van der Waals surface area contributed by atoms with E-state index in [0.29, 0.717) is 37.4 Å². The lowest BCUT2D eigenvalue weighted by atomic mass is 9.94. The summed E-state index contributed by atoms with van der Waals surface area (Å²) in [5.74, 6) is 1.72. The van der Waals surface area contributed by atoms with Gasteiger partial charge in [-0.1, -0.05) is 37.0 Å². The Labute approximate surface area is 210 Å². The van der Waals surface area contributed by atoms with Crippen molar-refractivity contribution in [3.05, 3.63) is 45.9 Å². The average Bonchev–Trinajstić information content (AvgIpc) is 2.75. The standard InChI is InChI=1S/C23H29Cl2N3O5S/c1-14(2)18-13-17(4-5-21(18)32-3)33-23-19(24)11-16(12-20(23)25)27-22(29)10-15-6-8-28(9-7-15)34(26,30)31/h4-5,11-15H,6-10H2,1-3H3,(H,27,29)(H2,26,30,31). The van der Waals surface area contributed by atoms with Crippen molar-refractivity contribution in [1.82, 2.24) is 4.31 Å². The van der Waals surface area contributed by atoms with Crippen LogP contribution in [0.4, 0.5) is 5.69 Å². The van der Waals surface area contributed by atoms with Gasteiger partial charge in [0.25, 0.3) is 10.2 Å². The Morgan fingerprint density at radius 1 is 1.18 bits per heavy atom. The first-order valence-corrected chi connectivity index (χ1v) is 13.2. The van der Waals surface area contributed by atoms with E-state index < -0.39 is 10.2 Å². The Morgan fingerprint density at radius 3 is 2.32 bits per heavy atom. The van der Waals surface area contributed by atoms with Crippen molar-refractivity contribution >= 4 is 45.0 Å². The van der Waals surface area contributed by atoms with Gasteiger partial charge in [0.05, 0.1) is 17.2 Å². The molecule has 0 bridgehead atoms. The summed E-state index contributed by atoms with van der Waals surface area (Å²) in [7, 11) is -2.07. The molecule has 3 rings (SSSR count). The number of nitrogens with zero attached hydrogens (tertiary/aromatic N) is 1. The number of hydrogen-bond acceptors (Lipinski definition) is 5. The molecule has 1 amide bonds. The van der Waals surface area contributed by atoms with E-state index in [0.717, 1.165) is 11.3 Å². The van der Waals surface area contributed by atoms with Gasteiger partial charge in [-0.25, -0.2) is 5.14 Å². The number of nitrogens with two attached hydrogens (primary N) is 1. The Balaban J connectivity index is 1.64. The normalized spacial score (nSPS) is 15.4. The second-order valence-electron chi connectivity index (χ2n) is 8.57. The third-order valence-corrected chi connectivity index (χ3v) is 7.38. The number of ether oxygens (including phenoxy) is 2. The smallest absolute Gasteiger partial charge is 0.276 e. The van der Waals surface area contributed by atoms with Crippen molar-refractivity contribution in [3.63, 3.8) is 0 Å². The molecule has 1 saturated heterocycles. The molecule has 1 heterocycles. The summed E-state index contributed by atoms with van der Waals surface area (Å²) in [5.41, 5.74) is 1.44. The highest BCUT2D eigenvalue weighted by Gasteiger charge is 2.26. The van der Waals surface area contributed by atoms with Crippen LogP contribution in [0.15, 0.2) is 30.3 Å². The molecule has 1 aliphatic heterocycles. The fourth-order valence-corrected chi connectivity index (χ4v) is 5.20. The first kappa shape index (κ1) is 26.6. The lowest BCUT2D eigenvalue weighted by molar-refractivity contribution is -0.117. The zero-order valence-corrected chi connectivity index (χ0v) is 21.6. The Hall–Kier alpha value is -2.04. The molecule has 3 N–H and O–H groups in total. The van der Waals surface area contributed by atoms with Gasteiger partial charge in [0, 0.05) is 30.8 Å². The van der Waals surface area contributed by atoms with E-state index in [1.165, 1.54) is 4.31 Å². The van der Waals surface area contributed by atoms with Crippen LogP contribution in [0.1, 0.15) is 44.6 Å². The lowest BCUT2D eigenvalue weighted by Gasteiger charge is -2.29. The number of benzene rings is 2. The van der Waals surface area contributed by atoms with Gasteiger partial charge in [-0.15, -0.1) is 0 Å². The number of hydrogen-bond donors (Lipinski definition) is 2. The summed E-state index contributed by atoms with van der Waals surface area (Å²) in [6.07, 6.45) is 1.40. The number of amides is 1. The van der Waals surface area contributed by atoms with E-state index in [1.54, 1.807) is 25.3 Å². The minimum Gasteiger partial charge on any atom is -0.496 e. The van der Waals surface area contributed by atoms with Crippen molar-refractivity contribution in [3.8, 4) is 17.2 Å². The van der Waals surface area contributed by atoms with Gasteiger partial charge in [-0.3, -0.25) is 4.79 Å². The summed E-state index contributed by atoms with van der Waals surface area (Å²) in [5, 5.41) is 8.48. The highest BCUT2D eigenvalue weighted by Crippen LogP contribution is 2.40. The quantitative estimate of drug-likeness (QED) is 0.490. The first-order valence-electron chi connectivity index (χ1n) is 10.9. The number of piperidine rings is 1. The van der Waals surface area contributed by atoms with Crippen molar-refractivity contribution < 1.29 is 22.7 Å². The zero-order valence-electron chi connectivity index (χ0n) is 19.3. The van der Waals surface area contributed by atoms with Gasteiger partial charge < -0.3 is 14.8 Å². The van der Waals surface area contributed by atoms with Crippen LogP contribution in [0.2, 0.25) is 10.0 Å². The van der Waals surface area contributed by atoms with Crippen LogP contribution in [-0.4, -0.2) is 38.8 Å². The third-order valence-electron chi connectivity index (χ3n) is 5.73. The van der Waals surface area contributed by atoms with E-state index in [2.05, 4.69) is 19.2 Å². The minimum absolute atomic E-state index is 0.0665. The van der Waals surface area contributed by atoms with E-state index in [4.69, 9.17) is 37.8 Å². The molecule has 0 saturated carbocycles. The van der Waals surface area contributed by atoms with Gasteiger partial charge in [0.1, 0.15) is 11.5 Å². The maximum atomic E-state index is 12.5. The molecule has 186 valence electrons. The summed E-state index contributed by atoms with van der Waals surface area (Å²) in [6.45, 7) is 4.74. The highest BCUT2D eigenvalue weighted by atomic mass is 35.5. The number of methoxy groups -OCH3 is 1. The summed E-state index contributed by atoms with van der Waals surface area (Å²) in [4.78, 5) is 12.5. The number of carbonyl (C=O) groups excluding carboxylic acids is 1. The molecule has 11 heteroatoms. The topological polar surface area (TPSA) is 111 Å². The maximum absolute atomic E-state index is 12.5. The van der Waals surface area contributed by atoms with Crippen molar-refractivity contribution in [1.29, 1.82) is 0 Å². The van der Waals surface area contributed by atoms with E-state index in [1.807, 2.05) is 12.1 Å². The largest absolute Gasteiger partial charge is 0.496 e. The molecule has 0 atom stereocenters. The van der Waals surface area contributed by atoms with E-state index in [-0.39, 0.29) is 40.0 Å². The molecular weight excluding hydrogens is 501 g/mol. The molecule has 1 fully saturated rings. The zero-order chi connectivity index (χ0) is 25.0. The van der Waals surface area contributed by atoms with E-state index >= 15 is 0 Å². The monoisotopic (exact) mass is 529 g/mol. The number of halogens is 2. The Bertz CT molecular complexity index is 1130. The fourth-order valence-electron chi connectivity index (χ4n) is 3.92. The van der Waals surface area contributed by atoms with Crippen LogP contribution in [0.25, 0.3) is 0 Å². The van der Waals surface area contributed by atoms with Gasteiger partial charge in [-0.2, -0.15) is 12.7 Å². The molecule has 0 radical (unpaired) electrons. The molecule has 1 aliphatic rings. The molecule has 0 unspecified atom stereocenters. The average molecular weight is 530 g/mol. The predicted molar refractivity (Wildman–Crippen MR) is 134 cm³/mol. The molecule has 2 aromatic carbocycles. The Morgan fingerprint density at radius 2 is 1.79 bits per heavy atom. The van der Waals surface area contributed by atoms with Crippen molar-refractivity contribution in [2.45, 2.75) is 39.0 Å². The Kier molecular flexibility index (Phi) is 8.70. The van der Waals surface area contributed by atoms with Crippen LogP contribution in [0.3, 0.4) is 0 Å². The van der Waals surface area contributed by atoms with Crippen molar-refractivity contribution in [2.75, 3.05) is 25.5 Å². The molecule has 0 aliphatic carbocycles. The summed E-state index contributed by atoms with van der Waals surface area (Å²) >= 11 is 12.8. The van der Waals surface area contributed by atoms with Crippen LogP contribution in [0.5, 0.6) is 17.2 Å². The highest BCUT2D eigenvalue weighted by molar-refractivity contribution is 7.86.